The summed E-state index contributed by atoms with van der Waals surface area (Å²) in [6.45, 7) is 7.08. The molecule has 2 rings (SSSR count). The second-order valence-corrected chi connectivity index (χ2v) is 5.05. The van der Waals surface area contributed by atoms with Gasteiger partial charge in [0.1, 0.15) is 0 Å². The predicted octanol–water partition coefficient (Wildman–Crippen LogP) is 3.55. The first-order valence-electron chi connectivity index (χ1n) is 5.18. The van der Waals surface area contributed by atoms with Gasteiger partial charge in [-0.1, -0.05) is 45.0 Å². The van der Waals surface area contributed by atoms with Crippen LogP contribution in [0.3, 0.4) is 0 Å². The summed E-state index contributed by atoms with van der Waals surface area (Å²) in [5.41, 5.74) is 3.51. The van der Waals surface area contributed by atoms with E-state index in [-0.39, 0.29) is 0 Å². The van der Waals surface area contributed by atoms with Crippen LogP contribution in [-0.2, 0) is 11.8 Å². The number of hydrogen-bond donors (Lipinski definition) is 0. The zero-order valence-electron chi connectivity index (χ0n) is 8.80. The van der Waals surface area contributed by atoms with Crippen LogP contribution in [0, 0.1) is 5.92 Å². The van der Waals surface area contributed by atoms with Crippen LogP contribution in [0.4, 0.5) is 0 Å². The van der Waals surface area contributed by atoms with E-state index >= 15 is 0 Å². The topological polar surface area (TPSA) is 0 Å². The van der Waals surface area contributed by atoms with Crippen molar-refractivity contribution in [3.05, 3.63) is 35.4 Å². The van der Waals surface area contributed by atoms with E-state index in [1.54, 1.807) is 11.1 Å². The Hall–Kier alpha value is -0.780. The highest BCUT2D eigenvalue weighted by molar-refractivity contribution is 5.35. The molecule has 0 saturated carbocycles. The van der Waals surface area contributed by atoms with E-state index in [1.165, 1.54) is 12.8 Å². The number of rotatable bonds is 0. The van der Waals surface area contributed by atoms with Gasteiger partial charge in [-0.15, -0.1) is 0 Å². The maximum absolute atomic E-state index is 2.36. The van der Waals surface area contributed by atoms with Gasteiger partial charge in [-0.25, -0.2) is 0 Å². The van der Waals surface area contributed by atoms with Gasteiger partial charge in [-0.05, 0) is 35.3 Å². The molecule has 1 aromatic rings. The number of benzene rings is 1. The molecule has 0 radical (unpaired) electrons. The molecule has 0 unspecified atom stereocenters. The summed E-state index contributed by atoms with van der Waals surface area (Å²) in [5.74, 6) is 0.838. The largest absolute Gasteiger partial charge is 0.0622 e. The van der Waals surface area contributed by atoms with Gasteiger partial charge in [0.05, 0.1) is 0 Å². The van der Waals surface area contributed by atoms with Crippen molar-refractivity contribution in [1.82, 2.24) is 0 Å². The molecule has 0 heterocycles. The van der Waals surface area contributed by atoms with Crippen LogP contribution in [0.5, 0.6) is 0 Å². The molecule has 0 heteroatoms. The molecular formula is C13H18. The maximum atomic E-state index is 2.36. The van der Waals surface area contributed by atoms with E-state index < -0.39 is 0 Å². The third kappa shape index (κ3) is 1.50. The first-order chi connectivity index (χ1) is 6.09. The quantitative estimate of drug-likeness (QED) is 0.564. The molecule has 1 atom stereocenters. The van der Waals surface area contributed by atoms with Crippen LogP contribution in [0.1, 0.15) is 38.3 Å². The Morgan fingerprint density at radius 2 is 1.92 bits per heavy atom. The first kappa shape index (κ1) is 8.80. The fourth-order valence-electron chi connectivity index (χ4n) is 2.79. The molecule has 0 bridgehead atoms. The Bertz CT molecular complexity index is 310. The van der Waals surface area contributed by atoms with Crippen molar-refractivity contribution in [2.75, 3.05) is 0 Å². The summed E-state index contributed by atoms with van der Waals surface area (Å²) >= 11 is 0. The molecule has 0 fully saturated rings. The summed E-state index contributed by atoms with van der Waals surface area (Å²) in [4.78, 5) is 0. The van der Waals surface area contributed by atoms with Crippen LogP contribution < -0.4 is 0 Å². The number of hydrogen-bond acceptors (Lipinski definition) is 0. The molecule has 0 saturated heterocycles. The Labute approximate surface area is 81.0 Å². The van der Waals surface area contributed by atoms with E-state index in [0.717, 1.165) is 5.92 Å². The third-order valence-electron chi connectivity index (χ3n) is 3.17. The fraction of sp³-hybridized carbons (Fsp3) is 0.538. The van der Waals surface area contributed by atoms with E-state index in [1.807, 2.05) is 0 Å². The third-order valence-corrected chi connectivity index (χ3v) is 3.17. The van der Waals surface area contributed by atoms with Crippen LogP contribution >= 0.6 is 0 Å². The molecular weight excluding hydrogens is 156 g/mol. The first-order valence-corrected chi connectivity index (χ1v) is 5.18. The standard InChI is InChI=1S/C13H18/c1-10-8-11-6-4-5-7-12(11)13(2,3)9-10/h4-7,10H,8-9H2,1-3H3/t10-/m1/s1. The maximum Gasteiger partial charge on any atom is -0.00982 e. The second-order valence-electron chi connectivity index (χ2n) is 5.05. The minimum atomic E-state index is 0.383. The predicted molar refractivity (Wildman–Crippen MR) is 57.0 cm³/mol. The fourth-order valence-corrected chi connectivity index (χ4v) is 2.79. The molecule has 1 aromatic carbocycles. The molecule has 1 aliphatic rings. The lowest BCUT2D eigenvalue weighted by molar-refractivity contribution is 0.348. The second kappa shape index (κ2) is 2.87. The van der Waals surface area contributed by atoms with E-state index in [9.17, 15) is 0 Å². The lowest BCUT2D eigenvalue weighted by atomic mass is 9.69. The Morgan fingerprint density at radius 3 is 2.69 bits per heavy atom. The summed E-state index contributed by atoms with van der Waals surface area (Å²) in [7, 11) is 0. The highest BCUT2D eigenvalue weighted by Crippen LogP contribution is 2.38. The van der Waals surface area contributed by atoms with Crippen molar-refractivity contribution in [1.29, 1.82) is 0 Å². The summed E-state index contributed by atoms with van der Waals surface area (Å²) in [6, 6.07) is 8.90. The average Bonchev–Trinajstić information content (AvgIpc) is 2.02. The minimum Gasteiger partial charge on any atom is -0.0622 e. The van der Waals surface area contributed by atoms with Crippen molar-refractivity contribution in [2.24, 2.45) is 5.92 Å². The molecule has 1 aliphatic carbocycles. The van der Waals surface area contributed by atoms with Crippen molar-refractivity contribution in [3.63, 3.8) is 0 Å². The molecule has 0 amide bonds. The van der Waals surface area contributed by atoms with Gasteiger partial charge in [-0.2, -0.15) is 0 Å². The van der Waals surface area contributed by atoms with Crippen LogP contribution in [-0.4, -0.2) is 0 Å². The lowest BCUT2D eigenvalue weighted by Crippen LogP contribution is -2.28. The van der Waals surface area contributed by atoms with E-state index in [4.69, 9.17) is 0 Å². The summed E-state index contributed by atoms with van der Waals surface area (Å²) in [6.07, 6.45) is 2.59. The molecule has 13 heavy (non-hydrogen) atoms. The smallest absolute Gasteiger partial charge is 0.00982 e. The highest BCUT2D eigenvalue weighted by Gasteiger charge is 2.30. The number of fused-ring (bicyclic) bond motifs is 1. The lowest BCUT2D eigenvalue weighted by Gasteiger charge is -2.36. The molecule has 0 aromatic heterocycles. The summed E-state index contributed by atoms with van der Waals surface area (Å²) in [5, 5.41) is 0. The van der Waals surface area contributed by atoms with E-state index in [0.29, 0.717) is 5.41 Å². The van der Waals surface area contributed by atoms with Crippen LogP contribution in [0.15, 0.2) is 24.3 Å². The minimum absolute atomic E-state index is 0.383. The van der Waals surface area contributed by atoms with Gasteiger partial charge in [0.25, 0.3) is 0 Å². The van der Waals surface area contributed by atoms with Gasteiger partial charge in [0, 0.05) is 0 Å². The van der Waals surface area contributed by atoms with Crippen LogP contribution in [0.25, 0.3) is 0 Å². The van der Waals surface area contributed by atoms with Crippen molar-refractivity contribution >= 4 is 0 Å². The van der Waals surface area contributed by atoms with Gasteiger partial charge >= 0.3 is 0 Å². The normalized spacial score (nSPS) is 25.3. The Kier molecular flexibility index (Phi) is 1.94. The monoisotopic (exact) mass is 174 g/mol. The van der Waals surface area contributed by atoms with Gasteiger partial charge in [0.15, 0.2) is 0 Å². The van der Waals surface area contributed by atoms with E-state index in [2.05, 4.69) is 45.0 Å². The SMILES string of the molecule is C[C@@H]1Cc2ccccc2C(C)(C)C1. The summed E-state index contributed by atoms with van der Waals surface area (Å²) < 4.78 is 0. The Balaban J connectivity index is 2.50. The van der Waals surface area contributed by atoms with Crippen molar-refractivity contribution < 1.29 is 0 Å². The zero-order valence-corrected chi connectivity index (χ0v) is 8.80. The van der Waals surface area contributed by atoms with Gasteiger partial charge < -0.3 is 0 Å². The van der Waals surface area contributed by atoms with Crippen molar-refractivity contribution in [3.8, 4) is 0 Å². The average molecular weight is 174 g/mol. The molecule has 70 valence electrons. The van der Waals surface area contributed by atoms with Crippen LogP contribution in [0.2, 0.25) is 0 Å². The Morgan fingerprint density at radius 1 is 1.23 bits per heavy atom. The molecule has 0 N–H and O–H groups in total. The molecule has 0 spiro atoms. The van der Waals surface area contributed by atoms with Gasteiger partial charge in [0.2, 0.25) is 0 Å². The van der Waals surface area contributed by atoms with Crippen molar-refractivity contribution in [2.45, 2.75) is 39.0 Å². The molecule has 0 nitrogen and oxygen atoms in total. The van der Waals surface area contributed by atoms with Gasteiger partial charge in [-0.3, -0.25) is 0 Å². The zero-order chi connectivity index (χ0) is 9.47. The molecule has 0 aliphatic heterocycles. The highest BCUT2D eigenvalue weighted by atomic mass is 14.3.